The van der Waals surface area contributed by atoms with E-state index in [1.165, 1.54) is 0 Å². The minimum Gasteiger partial charge on any atom is -0.494 e. The molecule has 0 unspecified atom stereocenters. The molecule has 1 heterocycles. The number of hydrogen-bond donors (Lipinski definition) is 0. The molecular formula is C14H12Cl2O3S. The molecule has 0 saturated heterocycles. The lowest BCUT2D eigenvalue weighted by Gasteiger charge is -2.07. The van der Waals surface area contributed by atoms with Crippen molar-refractivity contribution >= 4 is 40.3 Å². The fourth-order valence-corrected chi connectivity index (χ4v) is 3.08. The van der Waals surface area contributed by atoms with Crippen LogP contribution in [-0.2, 0) is 0 Å². The summed E-state index contributed by atoms with van der Waals surface area (Å²) in [5.74, 6) is 1.07. The molecule has 6 heteroatoms. The number of carbonyl (C=O) groups is 1. The van der Waals surface area contributed by atoms with E-state index in [4.69, 9.17) is 32.7 Å². The van der Waals surface area contributed by atoms with Crippen LogP contribution in [0.1, 0.15) is 17.3 Å². The maximum Gasteiger partial charge on any atom is 0.202 e. The zero-order valence-corrected chi connectivity index (χ0v) is 13.0. The third-order valence-corrected chi connectivity index (χ3v) is 3.93. The summed E-state index contributed by atoms with van der Waals surface area (Å²) in [6.07, 6.45) is 0. The highest BCUT2D eigenvalue weighted by atomic mass is 35.5. The highest BCUT2D eigenvalue weighted by Crippen LogP contribution is 2.31. The number of ketones is 1. The van der Waals surface area contributed by atoms with Crippen LogP contribution in [0.5, 0.6) is 11.5 Å². The van der Waals surface area contributed by atoms with Gasteiger partial charge in [0.15, 0.2) is 6.61 Å². The molecule has 1 aromatic heterocycles. The number of Topliss-reactive ketones (excluding diaryl/α,β-unsaturated/α-hetero) is 1. The topological polar surface area (TPSA) is 35.5 Å². The summed E-state index contributed by atoms with van der Waals surface area (Å²) in [6.45, 7) is 2.38. The molecule has 3 nitrogen and oxygen atoms in total. The summed E-state index contributed by atoms with van der Waals surface area (Å²) in [5, 5.41) is 0. The van der Waals surface area contributed by atoms with E-state index in [0.29, 0.717) is 32.3 Å². The van der Waals surface area contributed by atoms with E-state index in [-0.39, 0.29) is 12.4 Å². The van der Waals surface area contributed by atoms with Crippen molar-refractivity contribution in [2.24, 2.45) is 0 Å². The molecule has 0 atom stereocenters. The van der Waals surface area contributed by atoms with Gasteiger partial charge in [-0.1, -0.05) is 29.3 Å². The lowest BCUT2D eigenvalue weighted by atomic mass is 10.2. The van der Waals surface area contributed by atoms with Gasteiger partial charge < -0.3 is 9.47 Å². The predicted molar refractivity (Wildman–Crippen MR) is 81.8 cm³/mol. The highest BCUT2D eigenvalue weighted by molar-refractivity contribution is 7.20. The number of hydrogen-bond acceptors (Lipinski definition) is 4. The molecule has 0 aliphatic carbocycles. The van der Waals surface area contributed by atoms with E-state index in [0.717, 1.165) is 11.3 Å². The summed E-state index contributed by atoms with van der Waals surface area (Å²) < 4.78 is 11.7. The Morgan fingerprint density at radius 1 is 1.20 bits per heavy atom. The molecule has 0 saturated carbocycles. The average Bonchev–Trinajstić information content (AvgIpc) is 2.76. The van der Waals surface area contributed by atoms with Crippen LogP contribution >= 0.6 is 34.5 Å². The Balaban J connectivity index is 1.99. The van der Waals surface area contributed by atoms with Crippen molar-refractivity contribution in [1.82, 2.24) is 0 Å². The Labute approximate surface area is 131 Å². The van der Waals surface area contributed by atoms with E-state index in [9.17, 15) is 4.79 Å². The van der Waals surface area contributed by atoms with Crippen molar-refractivity contribution < 1.29 is 14.3 Å². The summed E-state index contributed by atoms with van der Waals surface area (Å²) in [4.78, 5) is 12.0. The predicted octanol–water partition coefficient (Wildman–Crippen LogP) is 4.72. The molecule has 0 fully saturated rings. The van der Waals surface area contributed by atoms with Gasteiger partial charge in [-0.15, -0.1) is 11.3 Å². The SMILES string of the molecule is CCOc1cccc(OCC(=O)c2cc(Cl)sc2Cl)c1. The molecule has 0 radical (unpaired) electrons. The maximum atomic E-state index is 12.0. The maximum absolute atomic E-state index is 12.0. The van der Waals surface area contributed by atoms with E-state index < -0.39 is 0 Å². The second-order valence-electron chi connectivity index (χ2n) is 3.86. The Hall–Kier alpha value is -1.23. The summed E-state index contributed by atoms with van der Waals surface area (Å²) in [7, 11) is 0. The zero-order valence-electron chi connectivity index (χ0n) is 10.7. The first kappa shape index (κ1) is 15.2. The van der Waals surface area contributed by atoms with Crippen LogP contribution in [0.25, 0.3) is 0 Å². The molecule has 0 aliphatic heterocycles. The first-order chi connectivity index (χ1) is 9.60. The lowest BCUT2D eigenvalue weighted by molar-refractivity contribution is 0.0922. The van der Waals surface area contributed by atoms with Gasteiger partial charge in [-0.05, 0) is 25.1 Å². The van der Waals surface area contributed by atoms with Crippen molar-refractivity contribution in [2.45, 2.75) is 6.92 Å². The molecular weight excluding hydrogens is 319 g/mol. The van der Waals surface area contributed by atoms with E-state index in [1.54, 1.807) is 24.3 Å². The van der Waals surface area contributed by atoms with Crippen molar-refractivity contribution in [1.29, 1.82) is 0 Å². The molecule has 106 valence electrons. The van der Waals surface area contributed by atoms with E-state index in [2.05, 4.69) is 0 Å². The molecule has 0 bridgehead atoms. The highest BCUT2D eigenvalue weighted by Gasteiger charge is 2.14. The Bertz CT molecular complexity index is 610. The van der Waals surface area contributed by atoms with Gasteiger partial charge in [0.2, 0.25) is 5.78 Å². The zero-order chi connectivity index (χ0) is 14.5. The van der Waals surface area contributed by atoms with E-state index in [1.807, 2.05) is 13.0 Å². The van der Waals surface area contributed by atoms with Gasteiger partial charge in [-0.2, -0.15) is 0 Å². The van der Waals surface area contributed by atoms with Gasteiger partial charge in [0.25, 0.3) is 0 Å². The Morgan fingerprint density at radius 3 is 2.50 bits per heavy atom. The number of rotatable bonds is 6. The number of thiophene rings is 1. The second kappa shape index (κ2) is 6.97. The van der Waals surface area contributed by atoms with Gasteiger partial charge >= 0.3 is 0 Å². The van der Waals surface area contributed by atoms with E-state index >= 15 is 0 Å². The largest absolute Gasteiger partial charge is 0.494 e. The molecule has 2 aromatic rings. The van der Waals surface area contributed by atoms with Crippen LogP contribution in [-0.4, -0.2) is 19.0 Å². The van der Waals surface area contributed by atoms with Gasteiger partial charge in [-0.25, -0.2) is 0 Å². The van der Waals surface area contributed by atoms with Crippen molar-refractivity contribution in [3.05, 3.63) is 44.6 Å². The lowest BCUT2D eigenvalue weighted by Crippen LogP contribution is -2.11. The summed E-state index contributed by atoms with van der Waals surface area (Å²) >= 11 is 12.9. The molecule has 0 amide bonds. The fourth-order valence-electron chi connectivity index (χ4n) is 1.58. The van der Waals surface area contributed by atoms with Crippen LogP contribution in [0.4, 0.5) is 0 Å². The Kier molecular flexibility index (Phi) is 5.29. The standard InChI is InChI=1S/C14H12Cl2O3S/c1-2-18-9-4-3-5-10(6-9)19-8-12(17)11-7-13(15)20-14(11)16/h3-7H,2,8H2,1H3. The van der Waals surface area contributed by atoms with Gasteiger partial charge in [0, 0.05) is 6.07 Å². The van der Waals surface area contributed by atoms with Gasteiger partial charge in [-0.3, -0.25) is 4.79 Å². The van der Waals surface area contributed by atoms with Gasteiger partial charge in [0.1, 0.15) is 15.8 Å². The van der Waals surface area contributed by atoms with Crippen LogP contribution in [0.3, 0.4) is 0 Å². The van der Waals surface area contributed by atoms with Crippen molar-refractivity contribution in [2.75, 3.05) is 13.2 Å². The first-order valence-corrected chi connectivity index (χ1v) is 7.51. The first-order valence-electron chi connectivity index (χ1n) is 5.94. The molecule has 20 heavy (non-hydrogen) atoms. The number of carbonyl (C=O) groups excluding carboxylic acids is 1. The number of benzene rings is 1. The monoisotopic (exact) mass is 330 g/mol. The Morgan fingerprint density at radius 2 is 1.90 bits per heavy atom. The number of halogens is 2. The number of ether oxygens (including phenoxy) is 2. The average molecular weight is 331 g/mol. The molecule has 2 rings (SSSR count). The summed E-state index contributed by atoms with van der Waals surface area (Å²) in [6, 6.07) is 8.68. The van der Waals surface area contributed by atoms with Crippen LogP contribution < -0.4 is 9.47 Å². The van der Waals surface area contributed by atoms with Crippen molar-refractivity contribution in [3.63, 3.8) is 0 Å². The normalized spacial score (nSPS) is 10.3. The van der Waals surface area contributed by atoms with Crippen LogP contribution in [0.15, 0.2) is 30.3 Å². The van der Waals surface area contributed by atoms with Crippen LogP contribution in [0, 0.1) is 0 Å². The fraction of sp³-hybridized carbons (Fsp3) is 0.214. The van der Waals surface area contributed by atoms with Gasteiger partial charge in [0.05, 0.1) is 16.5 Å². The quantitative estimate of drug-likeness (QED) is 0.719. The summed E-state index contributed by atoms with van der Waals surface area (Å²) in [5.41, 5.74) is 0.391. The minimum absolute atomic E-state index is 0.0949. The molecule has 0 N–H and O–H groups in total. The second-order valence-corrected chi connectivity index (χ2v) is 6.14. The molecule has 0 aliphatic rings. The van der Waals surface area contributed by atoms with Crippen molar-refractivity contribution in [3.8, 4) is 11.5 Å². The molecule has 0 spiro atoms. The third-order valence-electron chi connectivity index (χ3n) is 2.44. The third kappa shape index (κ3) is 3.88. The smallest absolute Gasteiger partial charge is 0.202 e. The van der Waals surface area contributed by atoms with Crippen LogP contribution in [0.2, 0.25) is 8.67 Å². The molecule has 1 aromatic carbocycles. The minimum atomic E-state index is -0.208.